The Hall–Kier alpha value is -2.28. The molecule has 1 aliphatic heterocycles. The molecule has 0 aliphatic carbocycles. The Morgan fingerprint density at radius 2 is 1.89 bits per heavy atom. The quantitative estimate of drug-likeness (QED) is 0.706. The monoisotopic (exact) mass is 386 g/mol. The number of aromatic nitrogens is 3. The number of nitrogens with one attached hydrogen (secondary N) is 1. The van der Waals surface area contributed by atoms with Crippen LogP contribution in [0.15, 0.2) is 24.4 Å². The number of fused-ring (bicyclic) bond motifs is 2. The summed E-state index contributed by atoms with van der Waals surface area (Å²) in [5.41, 5.74) is 2.24. The minimum atomic E-state index is 0.0205. The summed E-state index contributed by atoms with van der Waals surface area (Å²) in [6.45, 7) is 12.1. The predicted octanol–water partition coefficient (Wildman–Crippen LogP) is 4.67. The highest BCUT2D eigenvalue weighted by Crippen LogP contribution is 2.36. The van der Waals surface area contributed by atoms with Crippen LogP contribution >= 0.6 is 11.3 Å². The maximum Gasteiger partial charge on any atom is 0.214 e. The summed E-state index contributed by atoms with van der Waals surface area (Å²) in [6, 6.07) is 6.29. The van der Waals surface area contributed by atoms with Gasteiger partial charge in [-0.2, -0.15) is 0 Å². The van der Waals surface area contributed by atoms with E-state index in [9.17, 15) is 0 Å². The fourth-order valence-electron chi connectivity index (χ4n) is 3.14. The molecule has 4 rings (SSSR count). The summed E-state index contributed by atoms with van der Waals surface area (Å²) in [5, 5.41) is 9.14. The minimum Gasteiger partial charge on any atom is -0.486 e. The zero-order valence-corrected chi connectivity index (χ0v) is 17.3. The Morgan fingerprint density at radius 1 is 1.15 bits per heavy atom. The number of rotatable bonds is 4. The Labute approximate surface area is 163 Å². The predicted molar refractivity (Wildman–Crippen MR) is 108 cm³/mol. The first-order chi connectivity index (χ1) is 12.8. The number of ether oxygens (including phenoxy) is 2. The Bertz CT molecular complexity index is 923. The molecule has 0 spiro atoms. The second-order valence-corrected chi connectivity index (χ2v) is 9.24. The van der Waals surface area contributed by atoms with Gasteiger partial charge in [-0.25, -0.2) is 9.50 Å². The Kier molecular flexibility index (Phi) is 4.50. The van der Waals surface area contributed by atoms with Gasteiger partial charge in [-0.3, -0.25) is 0 Å². The van der Waals surface area contributed by atoms with Crippen molar-refractivity contribution in [3.8, 4) is 11.5 Å². The van der Waals surface area contributed by atoms with Crippen molar-refractivity contribution in [3.63, 3.8) is 0 Å². The standard InChI is InChI=1S/C20H26N4O2S/c1-12(2)17(13-6-7-14-15(10-13)26-9-8-25-14)22-18-23-24-11-16(20(3,4)5)21-19(24)27-18/h6-7,10-12,17H,8-9H2,1-5H3,(H,22,23). The van der Waals surface area contributed by atoms with Gasteiger partial charge in [0, 0.05) is 5.41 Å². The molecule has 0 bridgehead atoms. The number of benzene rings is 1. The van der Waals surface area contributed by atoms with Crippen LogP contribution in [0.3, 0.4) is 0 Å². The van der Waals surface area contributed by atoms with Crippen molar-refractivity contribution in [1.29, 1.82) is 0 Å². The normalized spacial score (nSPS) is 15.3. The molecule has 27 heavy (non-hydrogen) atoms. The van der Waals surface area contributed by atoms with E-state index in [4.69, 9.17) is 14.5 Å². The summed E-state index contributed by atoms with van der Waals surface area (Å²) >= 11 is 1.58. The molecular formula is C20H26N4O2S. The van der Waals surface area contributed by atoms with Crippen molar-refractivity contribution in [2.75, 3.05) is 18.5 Å². The molecule has 144 valence electrons. The number of imidazole rings is 1. The molecule has 1 aliphatic rings. The van der Waals surface area contributed by atoms with E-state index in [0.717, 1.165) is 32.8 Å². The molecule has 0 amide bonds. The van der Waals surface area contributed by atoms with Gasteiger partial charge >= 0.3 is 0 Å². The van der Waals surface area contributed by atoms with E-state index in [1.54, 1.807) is 11.3 Å². The SMILES string of the molecule is CC(C)C(Nc1nn2cc(C(C)(C)C)nc2s1)c1ccc2c(c1)OCCO2. The van der Waals surface area contributed by atoms with Gasteiger partial charge in [0.2, 0.25) is 10.1 Å². The third-order valence-electron chi connectivity index (χ3n) is 4.68. The molecule has 0 saturated carbocycles. The Balaban J connectivity index is 1.60. The maximum atomic E-state index is 5.74. The van der Waals surface area contributed by atoms with Crippen molar-refractivity contribution in [3.05, 3.63) is 35.7 Å². The van der Waals surface area contributed by atoms with Crippen molar-refractivity contribution in [2.24, 2.45) is 5.92 Å². The minimum absolute atomic E-state index is 0.0205. The second-order valence-electron chi connectivity index (χ2n) is 8.28. The smallest absolute Gasteiger partial charge is 0.214 e. The molecule has 7 heteroatoms. The van der Waals surface area contributed by atoms with Crippen LogP contribution in [0.25, 0.3) is 4.96 Å². The highest BCUT2D eigenvalue weighted by atomic mass is 32.1. The van der Waals surface area contributed by atoms with Gasteiger partial charge in [-0.05, 0) is 23.6 Å². The molecule has 1 aromatic carbocycles. The van der Waals surface area contributed by atoms with E-state index in [1.165, 1.54) is 0 Å². The molecule has 1 atom stereocenters. The van der Waals surface area contributed by atoms with Crippen molar-refractivity contribution in [1.82, 2.24) is 14.6 Å². The van der Waals surface area contributed by atoms with Crippen LogP contribution in [0, 0.1) is 5.92 Å². The molecule has 3 heterocycles. The zero-order valence-electron chi connectivity index (χ0n) is 16.4. The van der Waals surface area contributed by atoms with Crippen molar-refractivity contribution < 1.29 is 9.47 Å². The van der Waals surface area contributed by atoms with Gasteiger partial charge in [0.1, 0.15) is 13.2 Å². The van der Waals surface area contributed by atoms with Gasteiger partial charge in [0.25, 0.3) is 0 Å². The van der Waals surface area contributed by atoms with Gasteiger partial charge in [0.15, 0.2) is 11.5 Å². The van der Waals surface area contributed by atoms with E-state index in [2.05, 4.69) is 57.2 Å². The first kappa shape index (κ1) is 18.1. The number of hydrogen-bond donors (Lipinski definition) is 1. The Morgan fingerprint density at radius 3 is 2.56 bits per heavy atom. The molecule has 2 aromatic heterocycles. The molecule has 1 N–H and O–H groups in total. The summed E-state index contributed by atoms with van der Waals surface area (Å²) in [5.74, 6) is 2.01. The highest BCUT2D eigenvalue weighted by molar-refractivity contribution is 7.20. The molecule has 3 aromatic rings. The third-order valence-corrected chi connectivity index (χ3v) is 5.54. The number of nitrogens with zero attached hydrogens (tertiary/aromatic N) is 3. The third kappa shape index (κ3) is 3.60. The maximum absolute atomic E-state index is 5.74. The van der Waals surface area contributed by atoms with Crippen LogP contribution in [0.1, 0.15) is 51.9 Å². The average molecular weight is 387 g/mol. The van der Waals surface area contributed by atoms with Crippen LogP contribution in [0.5, 0.6) is 11.5 Å². The first-order valence-electron chi connectivity index (χ1n) is 9.34. The lowest BCUT2D eigenvalue weighted by Gasteiger charge is -2.25. The molecule has 6 nitrogen and oxygen atoms in total. The van der Waals surface area contributed by atoms with E-state index < -0.39 is 0 Å². The van der Waals surface area contributed by atoms with Crippen molar-refractivity contribution in [2.45, 2.75) is 46.1 Å². The summed E-state index contributed by atoms with van der Waals surface area (Å²) in [6.07, 6.45) is 2.02. The van der Waals surface area contributed by atoms with Gasteiger partial charge in [0.05, 0.1) is 17.9 Å². The van der Waals surface area contributed by atoms with E-state index >= 15 is 0 Å². The van der Waals surface area contributed by atoms with E-state index in [1.807, 2.05) is 16.8 Å². The molecule has 0 saturated heterocycles. The van der Waals surface area contributed by atoms with Crippen molar-refractivity contribution >= 4 is 21.4 Å². The van der Waals surface area contributed by atoms with Crippen LogP contribution in [0.4, 0.5) is 5.13 Å². The average Bonchev–Trinajstić information content (AvgIpc) is 3.17. The summed E-state index contributed by atoms with van der Waals surface area (Å²) in [4.78, 5) is 5.64. The second kappa shape index (κ2) is 6.71. The lowest BCUT2D eigenvalue weighted by molar-refractivity contribution is 0.171. The molecule has 1 unspecified atom stereocenters. The fourth-order valence-corrected chi connectivity index (χ4v) is 3.96. The lowest BCUT2D eigenvalue weighted by atomic mass is 9.93. The number of anilines is 1. The highest BCUT2D eigenvalue weighted by Gasteiger charge is 2.23. The fraction of sp³-hybridized carbons (Fsp3) is 0.500. The number of hydrogen-bond acceptors (Lipinski definition) is 6. The van der Waals surface area contributed by atoms with E-state index in [0.29, 0.717) is 19.1 Å². The van der Waals surface area contributed by atoms with Gasteiger partial charge in [-0.1, -0.05) is 52.0 Å². The topological polar surface area (TPSA) is 60.7 Å². The van der Waals surface area contributed by atoms with Gasteiger partial charge < -0.3 is 14.8 Å². The largest absolute Gasteiger partial charge is 0.486 e. The molecule has 0 radical (unpaired) electrons. The summed E-state index contributed by atoms with van der Waals surface area (Å²) in [7, 11) is 0. The zero-order chi connectivity index (χ0) is 19.2. The van der Waals surface area contributed by atoms with E-state index in [-0.39, 0.29) is 11.5 Å². The summed E-state index contributed by atoms with van der Waals surface area (Å²) < 4.78 is 13.3. The lowest BCUT2D eigenvalue weighted by Crippen LogP contribution is -2.19. The molecular weight excluding hydrogens is 360 g/mol. The molecule has 0 fully saturated rings. The van der Waals surface area contributed by atoms with Crippen LogP contribution in [-0.4, -0.2) is 27.8 Å². The van der Waals surface area contributed by atoms with Crippen LogP contribution in [0.2, 0.25) is 0 Å². The van der Waals surface area contributed by atoms with Gasteiger partial charge in [-0.15, -0.1) is 5.10 Å². The van der Waals surface area contributed by atoms with Crippen LogP contribution in [-0.2, 0) is 5.41 Å². The van der Waals surface area contributed by atoms with Crippen LogP contribution < -0.4 is 14.8 Å². The first-order valence-corrected chi connectivity index (χ1v) is 10.2.